The molecule has 0 radical (unpaired) electrons. The number of hydrogen-bond donors (Lipinski definition) is 1. The largest absolute Gasteiger partial charge is 0.334 e. The smallest absolute Gasteiger partial charge is 0.228 e. The fraction of sp³-hybridized carbons (Fsp3) is 0.800. The molecule has 102 valence electrons. The van der Waals surface area contributed by atoms with Crippen LogP contribution in [0, 0.1) is 17.8 Å². The Morgan fingerprint density at radius 2 is 2.00 bits per heavy atom. The molecule has 0 spiro atoms. The molecule has 0 heterocycles. The normalized spacial score (nSPS) is 34.7. The number of carbonyl (C=O) groups excluding carboxylic acids is 1. The predicted molar refractivity (Wildman–Crippen MR) is 74.0 cm³/mol. The zero-order valence-corrected chi connectivity index (χ0v) is 11.9. The van der Waals surface area contributed by atoms with Gasteiger partial charge in [0, 0.05) is 18.1 Å². The standard InChI is InChI=1S/C15H26N2O/c1-5-8-17(15(2,3)4)14(18)12-10-6-7-11(9-10)13(12)16/h5,10-13H,1,6-9,16H2,2-4H3. The van der Waals surface area contributed by atoms with E-state index in [0.29, 0.717) is 18.4 Å². The molecule has 2 aliphatic rings. The average molecular weight is 250 g/mol. The highest BCUT2D eigenvalue weighted by Gasteiger charge is 2.50. The van der Waals surface area contributed by atoms with Crippen molar-refractivity contribution in [3.63, 3.8) is 0 Å². The van der Waals surface area contributed by atoms with Gasteiger partial charge in [0.2, 0.25) is 5.91 Å². The Balaban J connectivity index is 2.16. The van der Waals surface area contributed by atoms with Crippen molar-refractivity contribution in [2.45, 2.75) is 51.6 Å². The molecule has 3 heteroatoms. The minimum Gasteiger partial charge on any atom is -0.334 e. The van der Waals surface area contributed by atoms with Crippen LogP contribution in [0.5, 0.6) is 0 Å². The van der Waals surface area contributed by atoms with Crippen molar-refractivity contribution in [3.8, 4) is 0 Å². The monoisotopic (exact) mass is 250 g/mol. The maximum absolute atomic E-state index is 12.8. The summed E-state index contributed by atoms with van der Waals surface area (Å²) in [4.78, 5) is 14.7. The van der Waals surface area contributed by atoms with E-state index >= 15 is 0 Å². The quantitative estimate of drug-likeness (QED) is 0.780. The molecule has 18 heavy (non-hydrogen) atoms. The van der Waals surface area contributed by atoms with Crippen molar-refractivity contribution in [2.24, 2.45) is 23.5 Å². The van der Waals surface area contributed by atoms with E-state index in [2.05, 4.69) is 27.4 Å². The minimum atomic E-state index is -0.160. The maximum Gasteiger partial charge on any atom is 0.228 e. The van der Waals surface area contributed by atoms with Crippen LogP contribution in [0.25, 0.3) is 0 Å². The van der Waals surface area contributed by atoms with Crippen molar-refractivity contribution >= 4 is 5.91 Å². The Morgan fingerprint density at radius 3 is 2.44 bits per heavy atom. The molecule has 0 saturated heterocycles. The van der Waals surface area contributed by atoms with E-state index in [9.17, 15) is 4.79 Å². The van der Waals surface area contributed by atoms with E-state index in [1.165, 1.54) is 12.8 Å². The number of nitrogens with zero attached hydrogens (tertiary/aromatic N) is 1. The lowest BCUT2D eigenvalue weighted by Gasteiger charge is -2.39. The topological polar surface area (TPSA) is 46.3 Å². The Bertz CT molecular complexity index is 343. The number of rotatable bonds is 3. The maximum atomic E-state index is 12.8. The van der Waals surface area contributed by atoms with Gasteiger partial charge in [0.25, 0.3) is 0 Å². The second-order valence-electron chi connectivity index (χ2n) is 6.84. The van der Waals surface area contributed by atoms with Gasteiger partial charge in [0.15, 0.2) is 0 Å². The van der Waals surface area contributed by atoms with Crippen LogP contribution >= 0.6 is 0 Å². The van der Waals surface area contributed by atoms with E-state index < -0.39 is 0 Å². The van der Waals surface area contributed by atoms with Gasteiger partial charge in [-0.15, -0.1) is 6.58 Å². The van der Waals surface area contributed by atoms with E-state index in [4.69, 9.17) is 5.73 Å². The van der Waals surface area contributed by atoms with Crippen LogP contribution in [0.3, 0.4) is 0 Å². The van der Waals surface area contributed by atoms with Crippen LogP contribution < -0.4 is 5.73 Å². The van der Waals surface area contributed by atoms with Gasteiger partial charge in [-0.1, -0.05) is 6.08 Å². The van der Waals surface area contributed by atoms with Gasteiger partial charge in [0.1, 0.15) is 0 Å². The molecular weight excluding hydrogens is 224 g/mol. The zero-order valence-electron chi connectivity index (χ0n) is 11.9. The summed E-state index contributed by atoms with van der Waals surface area (Å²) >= 11 is 0. The first-order valence-corrected chi connectivity index (χ1v) is 7.04. The van der Waals surface area contributed by atoms with Crippen LogP contribution in [0.2, 0.25) is 0 Å². The van der Waals surface area contributed by atoms with E-state index in [0.717, 1.165) is 6.42 Å². The molecule has 1 amide bonds. The second-order valence-corrected chi connectivity index (χ2v) is 6.84. The highest BCUT2D eigenvalue weighted by Crippen LogP contribution is 2.48. The fourth-order valence-corrected chi connectivity index (χ4v) is 3.71. The van der Waals surface area contributed by atoms with Gasteiger partial charge in [-0.3, -0.25) is 4.79 Å². The summed E-state index contributed by atoms with van der Waals surface area (Å²) in [5.41, 5.74) is 6.11. The van der Waals surface area contributed by atoms with Crippen molar-refractivity contribution in [2.75, 3.05) is 6.54 Å². The number of fused-ring (bicyclic) bond motifs is 2. The van der Waals surface area contributed by atoms with Gasteiger partial charge in [-0.25, -0.2) is 0 Å². The summed E-state index contributed by atoms with van der Waals surface area (Å²) in [6, 6.07) is 0.0749. The molecule has 2 rings (SSSR count). The van der Waals surface area contributed by atoms with Gasteiger partial charge in [-0.05, 0) is 51.9 Å². The predicted octanol–water partition coefficient (Wildman–Crippen LogP) is 2.17. The molecule has 2 N–H and O–H groups in total. The summed E-state index contributed by atoms with van der Waals surface area (Å²) in [6.45, 7) is 10.6. The third-order valence-electron chi connectivity index (χ3n) is 4.65. The third kappa shape index (κ3) is 2.20. The van der Waals surface area contributed by atoms with Crippen molar-refractivity contribution in [1.82, 2.24) is 4.90 Å². The molecule has 0 aliphatic heterocycles. The van der Waals surface area contributed by atoms with Gasteiger partial charge in [0.05, 0.1) is 5.92 Å². The second kappa shape index (κ2) is 4.69. The molecule has 2 bridgehead atoms. The van der Waals surface area contributed by atoms with Crippen molar-refractivity contribution < 1.29 is 4.79 Å². The first-order chi connectivity index (χ1) is 8.36. The molecule has 2 aliphatic carbocycles. The Labute approximate surface area is 110 Å². The third-order valence-corrected chi connectivity index (χ3v) is 4.65. The molecule has 2 fully saturated rings. The first kappa shape index (κ1) is 13.6. The number of amides is 1. The first-order valence-electron chi connectivity index (χ1n) is 7.04. The van der Waals surface area contributed by atoms with Crippen LogP contribution in [-0.4, -0.2) is 28.9 Å². The van der Waals surface area contributed by atoms with Crippen LogP contribution in [-0.2, 0) is 4.79 Å². The van der Waals surface area contributed by atoms with E-state index in [1.54, 1.807) is 0 Å². The van der Waals surface area contributed by atoms with Crippen LogP contribution in [0.4, 0.5) is 0 Å². The molecular formula is C15H26N2O. The molecule has 0 aromatic heterocycles. The average Bonchev–Trinajstić information content (AvgIpc) is 2.83. The molecule has 4 atom stereocenters. The Kier molecular flexibility index (Phi) is 3.54. The SMILES string of the molecule is C=CCN(C(=O)C1C2CCC(C2)C1N)C(C)(C)C. The molecule has 2 saturated carbocycles. The van der Waals surface area contributed by atoms with Gasteiger partial charge < -0.3 is 10.6 Å². The highest BCUT2D eigenvalue weighted by molar-refractivity contribution is 5.81. The van der Waals surface area contributed by atoms with Crippen molar-refractivity contribution in [3.05, 3.63) is 12.7 Å². The Hall–Kier alpha value is -0.830. The summed E-state index contributed by atoms with van der Waals surface area (Å²) < 4.78 is 0. The van der Waals surface area contributed by atoms with Gasteiger partial charge in [-0.2, -0.15) is 0 Å². The lowest BCUT2D eigenvalue weighted by atomic mass is 9.83. The summed E-state index contributed by atoms with van der Waals surface area (Å²) in [5.74, 6) is 1.38. The van der Waals surface area contributed by atoms with E-state index in [1.807, 2.05) is 11.0 Å². The van der Waals surface area contributed by atoms with Crippen LogP contribution in [0.15, 0.2) is 12.7 Å². The lowest BCUT2D eigenvalue weighted by molar-refractivity contribution is -0.141. The number of nitrogens with two attached hydrogens (primary N) is 1. The highest BCUT2D eigenvalue weighted by atomic mass is 16.2. The lowest BCUT2D eigenvalue weighted by Crippen LogP contribution is -2.53. The molecule has 3 nitrogen and oxygen atoms in total. The van der Waals surface area contributed by atoms with Crippen molar-refractivity contribution in [1.29, 1.82) is 0 Å². The molecule has 0 aromatic rings. The summed E-state index contributed by atoms with van der Waals surface area (Å²) in [6.07, 6.45) is 5.36. The fourth-order valence-electron chi connectivity index (χ4n) is 3.71. The van der Waals surface area contributed by atoms with Crippen LogP contribution in [0.1, 0.15) is 40.0 Å². The number of hydrogen-bond acceptors (Lipinski definition) is 2. The summed E-state index contributed by atoms with van der Waals surface area (Å²) in [5, 5.41) is 0. The summed E-state index contributed by atoms with van der Waals surface area (Å²) in [7, 11) is 0. The van der Waals surface area contributed by atoms with Gasteiger partial charge >= 0.3 is 0 Å². The minimum absolute atomic E-state index is 0.0444. The molecule has 0 aromatic carbocycles. The van der Waals surface area contributed by atoms with E-state index in [-0.39, 0.29) is 23.4 Å². The zero-order chi connectivity index (χ0) is 13.5. The number of carbonyl (C=O) groups is 1. The Morgan fingerprint density at radius 1 is 1.39 bits per heavy atom. The molecule has 4 unspecified atom stereocenters.